The number of nitrogens with one attached hydrogen (secondary N) is 1. The van der Waals surface area contributed by atoms with Crippen LogP contribution in [0.25, 0.3) is 0 Å². The van der Waals surface area contributed by atoms with E-state index < -0.39 is 23.5 Å². The van der Waals surface area contributed by atoms with Crippen molar-refractivity contribution >= 4 is 5.91 Å². The molecule has 2 heterocycles. The first-order chi connectivity index (χ1) is 10.3. The van der Waals surface area contributed by atoms with Crippen molar-refractivity contribution in [3.63, 3.8) is 0 Å². The molecule has 2 saturated heterocycles. The van der Waals surface area contributed by atoms with Crippen molar-refractivity contribution in [3.05, 3.63) is 35.1 Å². The van der Waals surface area contributed by atoms with Crippen LogP contribution < -0.4 is 5.32 Å². The van der Waals surface area contributed by atoms with Gasteiger partial charge in [0, 0.05) is 30.7 Å². The number of alkyl halides is 3. The second-order valence-electron chi connectivity index (χ2n) is 5.90. The highest BCUT2D eigenvalue weighted by Gasteiger charge is 2.34. The Morgan fingerprint density at radius 1 is 1.14 bits per heavy atom. The molecule has 3 rings (SSSR count). The molecular formula is C15H16F4N2O. The molecule has 1 aromatic carbocycles. The van der Waals surface area contributed by atoms with Crippen molar-refractivity contribution in [2.45, 2.75) is 37.5 Å². The van der Waals surface area contributed by atoms with Gasteiger partial charge < -0.3 is 10.2 Å². The quantitative estimate of drug-likeness (QED) is 0.808. The van der Waals surface area contributed by atoms with Gasteiger partial charge in [0.1, 0.15) is 5.82 Å². The molecule has 0 aromatic heterocycles. The smallest absolute Gasteiger partial charge is 0.337 e. The van der Waals surface area contributed by atoms with E-state index in [0.29, 0.717) is 25.2 Å². The minimum absolute atomic E-state index is 0.173. The lowest BCUT2D eigenvalue weighted by molar-refractivity contribution is -0.137. The number of amides is 1. The van der Waals surface area contributed by atoms with Gasteiger partial charge in [-0.1, -0.05) is 0 Å². The molecule has 2 bridgehead atoms. The summed E-state index contributed by atoms with van der Waals surface area (Å²) >= 11 is 0. The largest absolute Gasteiger partial charge is 0.416 e. The molecule has 120 valence electrons. The lowest BCUT2D eigenvalue weighted by atomic mass is 10.1. The topological polar surface area (TPSA) is 32.3 Å². The van der Waals surface area contributed by atoms with E-state index in [4.69, 9.17) is 0 Å². The zero-order valence-electron chi connectivity index (χ0n) is 11.8. The number of nitrogens with zero attached hydrogens (tertiary/aromatic N) is 1. The van der Waals surface area contributed by atoms with E-state index in [1.54, 1.807) is 0 Å². The van der Waals surface area contributed by atoms with Gasteiger partial charge in [-0.2, -0.15) is 13.2 Å². The number of benzene rings is 1. The summed E-state index contributed by atoms with van der Waals surface area (Å²) in [6.07, 6.45) is -1.89. The van der Waals surface area contributed by atoms with Gasteiger partial charge in [0.25, 0.3) is 5.91 Å². The van der Waals surface area contributed by atoms with Crippen LogP contribution in [0.4, 0.5) is 17.6 Å². The molecule has 1 aromatic rings. The molecule has 0 radical (unpaired) electrons. The summed E-state index contributed by atoms with van der Waals surface area (Å²) in [5, 5.41) is 3.39. The molecule has 0 saturated carbocycles. The number of hydrogen-bond acceptors (Lipinski definition) is 2. The van der Waals surface area contributed by atoms with Crippen LogP contribution in [0.1, 0.15) is 35.2 Å². The Bertz CT molecular complexity index is 587. The molecule has 1 N–H and O–H groups in total. The van der Waals surface area contributed by atoms with Crippen LogP contribution in [-0.4, -0.2) is 36.0 Å². The average Bonchev–Trinajstić information content (AvgIpc) is 2.76. The predicted molar refractivity (Wildman–Crippen MR) is 71.9 cm³/mol. The van der Waals surface area contributed by atoms with Crippen LogP contribution in [0.2, 0.25) is 0 Å². The Kier molecular flexibility index (Phi) is 3.84. The summed E-state index contributed by atoms with van der Waals surface area (Å²) in [6.45, 7) is 0.929. The molecule has 2 aliphatic heterocycles. The van der Waals surface area contributed by atoms with Crippen LogP contribution in [-0.2, 0) is 6.18 Å². The third-order valence-electron chi connectivity index (χ3n) is 4.28. The molecule has 0 spiro atoms. The molecule has 1 amide bonds. The van der Waals surface area contributed by atoms with E-state index in [1.807, 2.05) is 0 Å². The zero-order valence-corrected chi connectivity index (χ0v) is 11.8. The standard InChI is InChI=1S/C15H16F4N2O/c16-11-6-9(5-10(7-11)15(17,18)19)14(22)21-4-3-12-1-2-13(8-21)20-12/h5-7,12-13,20H,1-4,8H2. The minimum Gasteiger partial charge on any atom is -0.337 e. The number of fused-ring (bicyclic) bond motifs is 2. The number of halogens is 4. The van der Waals surface area contributed by atoms with Gasteiger partial charge in [-0.15, -0.1) is 0 Å². The third kappa shape index (κ3) is 3.09. The summed E-state index contributed by atoms with van der Waals surface area (Å²) in [4.78, 5) is 13.9. The van der Waals surface area contributed by atoms with Crippen molar-refractivity contribution in [2.24, 2.45) is 0 Å². The molecule has 7 heteroatoms. The van der Waals surface area contributed by atoms with Crippen molar-refractivity contribution in [2.75, 3.05) is 13.1 Å². The summed E-state index contributed by atoms with van der Waals surface area (Å²) in [7, 11) is 0. The Balaban J connectivity index is 1.84. The van der Waals surface area contributed by atoms with E-state index in [1.165, 1.54) is 4.90 Å². The summed E-state index contributed by atoms with van der Waals surface area (Å²) in [6, 6.07) is 2.53. The summed E-state index contributed by atoms with van der Waals surface area (Å²) < 4.78 is 51.7. The van der Waals surface area contributed by atoms with Gasteiger partial charge in [-0.3, -0.25) is 4.79 Å². The molecule has 2 atom stereocenters. The van der Waals surface area contributed by atoms with E-state index in [9.17, 15) is 22.4 Å². The maximum atomic E-state index is 13.4. The van der Waals surface area contributed by atoms with Crippen molar-refractivity contribution < 1.29 is 22.4 Å². The van der Waals surface area contributed by atoms with Crippen LogP contribution in [0, 0.1) is 5.82 Å². The van der Waals surface area contributed by atoms with Crippen molar-refractivity contribution in [1.29, 1.82) is 0 Å². The van der Waals surface area contributed by atoms with E-state index in [2.05, 4.69) is 5.32 Å². The van der Waals surface area contributed by atoms with E-state index in [-0.39, 0.29) is 11.6 Å². The van der Waals surface area contributed by atoms with Crippen LogP contribution >= 0.6 is 0 Å². The first-order valence-corrected chi connectivity index (χ1v) is 7.26. The second kappa shape index (κ2) is 5.53. The van der Waals surface area contributed by atoms with Crippen molar-refractivity contribution in [1.82, 2.24) is 10.2 Å². The monoisotopic (exact) mass is 316 g/mol. The Morgan fingerprint density at radius 2 is 1.86 bits per heavy atom. The highest BCUT2D eigenvalue weighted by Crippen LogP contribution is 2.31. The van der Waals surface area contributed by atoms with Gasteiger partial charge in [0.05, 0.1) is 5.56 Å². The summed E-state index contributed by atoms with van der Waals surface area (Å²) in [5.74, 6) is -1.59. The van der Waals surface area contributed by atoms with E-state index in [0.717, 1.165) is 31.4 Å². The second-order valence-corrected chi connectivity index (χ2v) is 5.90. The van der Waals surface area contributed by atoms with Gasteiger partial charge in [0.2, 0.25) is 0 Å². The highest BCUT2D eigenvalue weighted by molar-refractivity contribution is 5.94. The number of likely N-dealkylation sites (tertiary alicyclic amines) is 1. The van der Waals surface area contributed by atoms with Crippen LogP contribution in [0.5, 0.6) is 0 Å². The maximum Gasteiger partial charge on any atom is 0.416 e. The van der Waals surface area contributed by atoms with Gasteiger partial charge in [-0.25, -0.2) is 4.39 Å². The van der Waals surface area contributed by atoms with Crippen LogP contribution in [0.15, 0.2) is 18.2 Å². The van der Waals surface area contributed by atoms with Gasteiger partial charge >= 0.3 is 6.18 Å². The minimum atomic E-state index is -4.67. The average molecular weight is 316 g/mol. The molecule has 22 heavy (non-hydrogen) atoms. The molecule has 0 aliphatic carbocycles. The molecule has 2 fully saturated rings. The SMILES string of the molecule is O=C(c1cc(F)cc(C(F)(F)F)c1)N1CCC2CCC(C1)N2. The number of carbonyl (C=O) groups is 1. The fourth-order valence-electron chi connectivity index (χ4n) is 3.19. The van der Waals surface area contributed by atoms with Crippen molar-refractivity contribution in [3.8, 4) is 0 Å². The third-order valence-corrected chi connectivity index (χ3v) is 4.28. The Labute approximate surface area is 125 Å². The lowest BCUT2D eigenvalue weighted by Gasteiger charge is -2.24. The fraction of sp³-hybridized carbons (Fsp3) is 0.533. The van der Waals surface area contributed by atoms with Gasteiger partial charge in [0.15, 0.2) is 0 Å². The molecular weight excluding hydrogens is 300 g/mol. The lowest BCUT2D eigenvalue weighted by Crippen LogP contribution is -2.39. The van der Waals surface area contributed by atoms with Gasteiger partial charge in [-0.05, 0) is 37.5 Å². The zero-order chi connectivity index (χ0) is 15.9. The molecule has 2 unspecified atom stereocenters. The first kappa shape index (κ1) is 15.3. The van der Waals surface area contributed by atoms with E-state index >= 15 is 0 Å². The number of carbonyl (C=O) groups excluding carboxylic acids is 1. The first-order valence-electron chi connectivity index (χ1n) is 7.26. The Morgan fingerprint density at radius 3 is 2.59 bits per heavy atom. The molecule has 2 aliphatic rings. The number of rotatable bonds is 1. The highest BCUT2D eigenvalue weighted by atomic mass is 19.4. The van der Waals surface area contributed by atoms with Crippen LogP contribution in [0.3, 0.4) is 0 Å². The fourth-order valence-corrected chi connectivity index (χ4v) is 3.19. The number of hydrogen-bond donors (Lipinski definition) is 1. The molecule has 3 nitrogen and oxygen atoms in total. The predicted octanol–water partition coefficient (Wildman–Crippen LogP) is 2.81. The maximum absolute atomic E-state index is 13.4. The Hall–Kier alpha value is -1.63. The summed E-state index contributed by atoms with van der Waals surface area (Å²) in [5.41, 5.74) is -1.38. The normalized spacial score (nSPS) is 25.2.